The van der Waals surface area contributed by atoms with Crippen LogP contribution in [0.4, 0.5) is 0 Å². The van der Waals surface area contributed by atoms with E-state index in [1.54, 1.807) is 0 Å². The molecule has 0 aromatic heterocycles. The molecule has 0 amide bonds. The topological polar surface area (TPSA) is 0 Å². The molecule has 0 aromatic rings. The molecule has 4 heteroatoms. The van der Waals surface area contributed by atoms with Gasteiger partial charge in [0.1, 0.15) is 0 Å². The molecule has 0 spiro atoms. The molecule has 0 N–H and O–H groups in total. The highest BCUT2D eigenvalue weighted by Crippen LogP contribution is 2.27. The van der Waals surface area contributed by atoms with Crippen LogP contribution >= 0.6 is 48.8 Å². The minimum Gasteiger partial charge on any atom is -0.168 e. The Labute approximate surface area is 76.8 Å². The number of thiol groups is 2. The lowest BCUT2D eigenvalue weighted by atomic mass is 10.6. The molecule has 9 heavy (non-hydrogen) atoms. The first-order valence-electron chi connectivity index (χ1n) is 2.80. The summed E-state index contributed by atoms with van der Waals surface area (Å²) in [5.41, 5.74) is 0. The number of hydrogen-bond acceptors (Lipinski definition) is 4. The third-order valence-corrected chi connectivity index (χ3v) is 4.27. The Morgan fingerprint density at radius 3 is 1.89 bits per heavy atom. The summed E-state index contributed by atoms with van der Waals surface area (Å²) in [5.74, 6) is 0. The van der Waals surface area contributed by atoms with Crippen LogP contribution in [-0.4, -0.2) is 14.8 Å². The van der Waals surface area contributed by atoms with Crippen molar-refractivity contribution < 1.29 is 0 Å². The Bertz CT molecular complexity index is 50.9. The first-order chi connectivity index (χ1) is 4.35. The fourth-order valence-corrected chi connectivity index (χ4v) is 3.73. The molecule has 0 bridgehead atoms. The second-order valence-electron chi connectivity index (χ2n) is 1.43. The number of rotatable bonds is 5. The Balaban J connectivity index is 3.18. The van der Waals surface area contributed by atoms with Crippen LogP contribution in [0.3, 0.4) is 0 Å². The van der Waals surface area contributed by atoms with Crippen molar-refractivity contribution in [1.29, 1.82) is 0 Å². The van der Waals surface area contributed by atoms with Gasteiger partial charge in [0, 0.05) is 10.2 Å². The maximum absolute atomic E-state index is 4.13. The molecular formula is C5H12S4. The number of thioether (sulfide) groups is 2. The van der Waals surface area contributed by atoms with Gasteiger partial charge in [-0.05, 0) is 6.42 Å². The molecule has 0 rings (SSSR count). The van der Waals surface area contributed by atoms with Crippen molar-refractivity contribution in [1.82, 2.24) is 0 Å². The molecule has 0 aliphatic heterocycles. The fraction of sp³-hybridized carbons (Fsp3) is 1.00. The smallest absolute Gasteiger partial charge is 0.0516 e. The van der Waals surface area contributed by atoms with Gasteiger partial charge in [0.25, 0.3) is 0 Å². The van der Waals surface area contributed by atoms with E-state index in [-0.39, 0.29) is 0 Å². The van der Waals surface area contributed by atoms with Crippen molar-refractivity contribution in [3.05, 3.63) is 0 Å². The van der Waals surface area contributed by atoms with E-state index in [4.69, 9.17) is 0 Å². The summed E-state index contributed by atoms with van der Waals surface area (Å²) in [6, 6.07) is 0. The van der Waals surface area contributed by atoms with E-state index >= 15 is 0 Å². The van der Waals surface area contributed by atoms with Gasteiger partial charge < -0.3 is 0 Å². The van der Waals surface area contributed by atoms with Crippen molar-refractivity contribution in [2.24, 2.45) is 0 Å². The molecule has 0 aliphatic carbocycles. The minimum absolute atomic E-state index is 0.694. The highest BCUT2D eigenvalue weighted by atomic mass is 32.2. The van der Waals surface area contributed by atoms with Crippen LogP contribution < -0.4 is 0 Å². The summed E-state index contributed by atoms with van der Waals surface area (Å²) in [4.78, 5) is 0. The molecular weight excluding hydrogens is 188 g/mol. The monoisotopic (exact) mass is 200 g/mol. The van der Waals surface area contributed by atoms with Crippen molar-refractivity contribution in [2.75, 3.05) is 10.2 Å². The zero-order chi connectivity index (χ0) is 7.11. The van der Waals surface area contributed by atoms with Gasteiger partial charge in [-0.15, -0.1) is 23.5 Å². The number of hydrogen-bond donors (Lipinski definition) is 2. The molecule has 0 radical (unpaired) electrons. The van der Waals surface area contributed by atoms with Gasteiger partial charge in [0.2, 0.25) is 0 Å². The Hall–Kier alpha value is 1.40. The minimum atomic E-state index is 0.694. The fourth-order valence-electron chi connectivity index (χ4n) is 0.450. The van der Waals surface area contributed by atoms with Gasteiger partial charge in [-0.1, -0.05) is 6.92 Å². The van der Waals surface area contributed by atoms with E-state index < -0.39 is 0 Å². The molecule has 0 saturated heterocycles. The van der Waals surface area contributed by atoms with E-state index in [0.717, 1.165) is 10.2 Å². The lowest BCUT2D eigenvalue weighted by Gasteiger charge is -2.09. The summed E-state index contributed by atoms with van der Waals surface area (Å²) < 4.78 is 0.694. The van der Waals surface area contributed by atoms with Gasteiger partial charge in [0.05, 0.1) is 4.58 Å². The van der Waals surface area contributed by atoms with Crippen LogP contribution in [0, 0.1) is 0 Å². The van der Waals surface area contributed by atoms with Gasteiger partial charge in [0.15, 0.2) is 0 Å². The molecule has 0 fully saturated rings. The lowest BCUT2D eigenvalue weighted by Crippen LogP contribution is -1.93. The standard InChI is InChI=1S/C5H12S4/c1-2-5(8-3-6)9-4-7/h5-7H,2-4H2,1H3. The molecule has 0 atom stereocenters. The van der Waals surface area contributed by atoms with Crippen LogP contribution in [0.5, 0.6) is 0 Å². The Morgan fingerprint density at radius 2 is 1.67 bits per heavy atom. The van der Waals surface area contributed by atoms with Crippen LogP contribution in [0.1, 0.15) is 13.3 Å². The second kappa shape index (κ2) is 7.51. The van der Waals surface area contributed by atoms with E-state index in [9.17, 15) is 0 Å². The van der Waals surface area contributed by atoms with Crippen molar-refractivity contribution in [3.63, 3.8) is 0 Å². The lowest BCUT2D eigenvalue weighted by molar-refractivity contribution is 1.06. The summed E-state index contributed by atoms with van der Waals surface area (Å²) in [6.45, 7) is 2.19. The van der Waals surface area contributed by atoms with Gasteiger partial charge in [-0.25, -0.2) is 0 Å². The third-order valence-electron chi connectivity index (χ3n) is 0.854. The molecule has 0 unspecified atom stereocenters. The second-order valence-corrected chi connectivity index (χ2v) is 5.60. The maximum Gasteiger partial charge on any atom is 0.0516 e. The zero-order valence-electron chi connectivity index (χ0n) is 5.41. The predicted octanol–water partition coefficient (Wildman–Crippen LogP) is 2.96. The van der Waals surface area contributed by atoms with Crippen molar-refractivity contribution in [3.8, 4) is 0 Å². The van der Waals surface area contributed by atoms with E-state index in [2.05, 4.69) is 32.2 Å². The predicted molar refractivity (Wildman–Crippen MR) is 57.0 cm³/mol. The summed E-state index contributed by atoms with van der Waals surface area (Å²) >= 11 is 12.0. The van der Waals surface area contributed by atoms with Crippen molar-refractivity contribution >= 4 is 48.8 Å². The molecule has 56 valence electrons. The highest BCUT2D eigenvalue weighted by molar-refractivity contribution is 8.23. The van der Waals surface area contributed by atoms with E-state index in [0.29, 0.717) is 4.58 Å². The first kappa shape index (κ1) is 10.4. The molecule has 0 aliphatic rings. The quantitative estimate of drug-likeness (QED) is 0.517. The van der Waals surface area contributed by atoms with Gasteiger partial charge in [-0.3, -0.25) is 0 Å². The Morgan fingerprint density at radius 1 is 1.22 bits per heavy atom. The van der Waals surface area contributed by atoms with E-state index in [1.165, 1.54) is 6.42 Å². The van der Waals surface area contributed by atoms with E-state index in [1.807, 2.05) is 23.5 Å². The summed E-state index contributed by atoms with van der Waals surface area (Å²) in [7, 11) is 0. The maximum atomic E-state index is 4.13. The van der Waals surface area contributed by atoms with Gasteiger partial charge in [-0.2, -0.15) is 25.3 Å². The van der Waals surface area contributed by atoms with Gasteiger partial charge >= 0.3 is 0 Å². The van der Waals surface area contributed by atoms with Crippen LogP contribution in [-0.2, 0) is 0 Å². The Kier molecular flexibility index (Phi) is 8.67. The molecule has 0 aromatic carbocycles. The molecule has 0 heterocycles. The van der Waals surface area contributed by atoms with Crippen molar-refractivity contribution in [2.45, 2.75) is 17.9 Å². The summed E-state index contributed by atoms with van der Waals surface area (Å²) in [6.07, 6.45) is 1.20. The molecule has 0 nitrogen and oxygen atoms in total. The highest BCUT2D eigenvalue weighted by Gasteiger charge is 2.02. The van der Waals surface area contributed by atoms with Crippen LogP contribution in [0.25, 0.3) is 0 Å². The average Bonchev–Trinajstić information content (AvgIpc) is 1.88. The largest absolute Gasteiger partial charge is 0.168 e. The first-order valence-corrected chi connectivity index (χ1v) is 6.16. The van der Waals surface area contributed by atoms with Crippen LogP contribution in [0.15, 0.2) is 0 Å². The zero-order valence-corrected chi connectivity index (χ0v) is 8.83. The average molecular weight is 200 g/mol. The SMILES string of the molecule is CCC(SCS)SCS. The molecule has 0 saturated carbocycles. The third kappa shape index (κ3) is 5.83. The summed E-state index contributed by atoms with van der Waals surface area (Å²) in [5, 5.41) is 1.83. The van der Waals surface area contributed by atoms with Crippen LogP contribution in [0.2, 0.25) is 0 Å². The normalized spacial score (nSPS) is 10.7.